The highest BCUT2D eigenvalue weighted by Gasteiger charge is 2.26. The van der Waals surface area contributed by atoms with Crippen LogP contribution in [0, 0.1) is 13.8 Å². The van der Waals surface area contributed by atoms with E-state index in [0.29, 0.717) is 36.8 Å². The van der Waals surface area contributed by atoms with Crippen molar-refractivity contribution in [1.29, 1.82) is 0 Å². The van der Waals surface area contributed by atoms with E-state index in [-0.39, 0.29) is 11.7 Å². The molecule has 0 unspecified atom stereocenters. The molecule has 1 aliphatic rings. The zero-order valence-electron chi connectivity index (χ0n) is 16.2. The molecule has 150 valence electrons. The number of piperazine rings is 1. The maximum absolute atomic E-state index is 12.5. The lowest BCUT2D eigenvalue weighted by Crippen LogP contribution is -2.50. The highest BCUT2D eigenvalue weighted by molar-refractivity contribution is 7.91. The number of amides is 1. The van der Waals surface area contributed by atoms with Crippen molar-refractivity contribution in [3.63, 3.8) is 0 Å². The number of benzene rings is 2. The molecule has 28 heavy (non-hydrogen) atoms. The number of halogens is 1. The highest BCUT2D eigenvalue weighted by Crippen LogP contribution is 2.24. The van der Waals surface area contributed by atoms with Crippen molar-refractivity contribution >= 4 is 33.0 Å². The lowest BCUT2D eigenvalue weighted by atomic mass is 10.1. The van der Waals surface area contributed by atoms with E-state index in [1.54, 1.807) is 29.2 Å². The first kappa shape index (κ1) is 20.7. The molecule has 1 aliphatic heterocycles. The predicted molar refractivity (Wildman–Crippen MR) is 114 cm³/mol. The van der Waals surface area contributed by atoms with Crippen molar-refractivity contribution in [2.24, 2.45) is 0 Å². The Morgan fingerprint density at radius 2 is 1.64 bits per heavy atom. The second-order valence-electron chi connectivity index (χ2n) is 7.25. The first-order valence-corrected chi connectivity index (χ1v) is 11.5. The van der Waals surface area contributed by atoms with Gasteiger partial charge in [0.05, 0.1) is 5.75 Å². The monoisotopic (exact) mass is 420 g/mol. The number of hydrogen-bond donors (Lipinski definition) is 0. The van der Waals surface area contributed by atoms with Crippen LogP contribution in [0.5, 0.6) is 0 Å². The second-order valence-corrected chi connectivity index (χ2v) is 9.75. The zero-order valence-corrected chi connectivity index (χ0v) is 17.8. The molecule has 0 aromatic heterocycles. The van der Waals surface area contributed by atoms with Crippen LogP contribution in [0.3, 0.4) is 0 Å². The smallest absolute Gasteiger partial charge is 0.237 e. The first-order chi connectivity index (χ1) is 13.2. The van der Waals surface area contributed by atoms with E-state index in [1.165, 1.54) is 16.8 Å². The Bertz CT molecular complexity index is 950. The summed E-state index contributed by atoms with van der Waals surface area (Å²) in [4.78, 5) is 16.4. The molecule has 0 bridgehead atoms. The summed E-state index contributed by atoms with van der Waals surface area (Å²) in [5, 5.41) is 0.555. The van der Waals surface area contributed by atoms with Crippen LogP contribution in [0.2, 0.25) is 5.02 Å². The molecule has 1 saturated heterocycles. The fourth-order valence-electron chi connectivity index (χ4n) is 3.44. The van der Waals surface area contributed by atoms with E-state index < -0.39 is 15.6 Å². The lowest BCUT2D eigenvalue weighted by Gasteiger charge is -2.37. The fourth-order valence-corrected chi connectivity index (χ4v) is 4.93. The van der Waals surface area contributed by atoms with Crippen molar-refractivity contribution in [2.75, 3.05) is 36.8 Å². The van der Waals surface area contributed by atoms with Gasteiger partial charge in [-0.15, -0.1) is 0 Å². The minimum atomic E-state index is -3.52. The Kier molecular flexibility index (Phi) is 6.30. The number of aryl methyl sites for hydroxylation is 1. The van der Waals surface area contributed by atoms with Gasteiger partial charge in [-0.25, -0.2) is 8.42 Å². The summed E-state index contributed by atoms with van der Waals surface area (Å²) >= 11 is 5.83. The van der Waals surface area contributed by atoms with E-state index in [4.69, 9.17) is 11.6 Å². The van der Waals surface area contributed by atoms with Gasteiger partial charge in [0, 0.05) is 36.9 Å². The summed E-state index contributed by atoms with van der Waals surface area (Å²) in [7, 11) is -3.52. The number of anilines is 1. The van der Waals surface area contributed by atoms with E-state index >= 15 is 0 Å². The molecule has 0 atom stereocenters. The molecular formula is C21H25ClN2O3S. The fraction of sp³-hybridized carbons (Fsp3) is 0.381. The quantitative estimate of drug-likeness (QED) is 0.745. The molecule has 2 aromatic carbocycles. The largest absolute Gasteiger partial charge is 0.368 e. The van der Waals surface area contributed by atoms with Crippen LogP contribution in [-0.2, 0) is 20.4 Å². The summed E-state index contributed by atoms with van der Waals surface area (Å²) in [6, 6.07) is 12.9. The molecule has 2 aromatic rings. The minimum Gasteiger partial charge on any atom is -0.368 e. The van der Waals surface area contributed by atoms with Crippen molar-refractivity contribution in [1.82, 2.24) is 4.90 Å². The van der Waals surface area contributed by atoms with Crippen molar-refractivity contribution < 1.29 is 13.2 Å². The maximum atomic E-state index is 12.5. The number of carbonyl (C=O) groups excluding carboxylic acids is 1. The van der Waals surface area contributed by atoms with E-state index in [1.807, 2.05) is 6.07 Å². The van der Waals surface area contributed by atoms with Gasteiger partial charge in [-0.3, -0.25) is 4.79 Å². The molecule has 0 spiro atoms. The topological polar surface area (TPSA) is 57.7 Å². The third-order valence-corrected chi connectivity index (χ3v) is 6.90. The summed E-state index contributed by atoms with van der Waals surface area (Å²) < 4.78 is 24.8. The number of nitrogens with zero attached hydrogens (tertiary/aromatic N) is 2. The SMILES string of the molecule is Cc1cccc(N2CCN(C(=O)CS(=O)(=O)Cc3ccc(Cl)cc3)CC2)c1C. The molecular weight excluding hydrogens is 396 g/mol. The van der Waals surface area contributed by atoms with Crippen LogP contribution in [0.4, 0.5) is 5.69 Å². The Morgan fingerprint density at radius 1 is 1.00 bits per heavy atom. The Morgan fingerprint density at radius 3 is 2.29 bits per heavy atom. The molecule has 0 radical (unpaired) electrons. The van der Waals surface area contributed by atoms with Gasteiger partial charge >= 0.3 is 0 Å². The van der Waals surface area contributed by atoms with E-state index in [0.717, 1.165) is 0 Å². The van der Waals surface area contributed by atoms with Crippen LogP contribution in [-0.4, -0.2) is 51.2 Å². The summed E-state index contributed by atoms with van der Waals surface area (Å²) in [6.45, 7) is 6.65. The number of sulfone groups is 1. The van der Waals surface area contributed by atoms with Crippen molar-refractivity contribution in [3.8, 4) is 0 Å². The standard InChI is InChI=1S/C21H25ClN2O3S/c1-16-4-3-5-20(17(16)2)23-10-12-24(13-11-23)21(25)15-28(26,27)14-18-6-8-19(22)9-7-18/h3-9H,10-15H2,1-2H3. The normalized spacial score (nSPS) is 15.0. The van der Waals surface area contributed by atoms with Crippen LogP contribution < -0.4 is 4.90 Å². The van der Waals surface area contributed by atoms with Crippen LogP contribution in [0.15, 0.2) is 42.5 Å². The molecule has 1 amide bonds. The third kappa shape index (κ3) is 5.06. The van der Waals surface area contributed by atoms with Gasteiger partial charge in [0.1, 0.15) is 5.75 Å². The molecule has 0 aliphatic carbocycles. The van der Waals surface area contributed by atoms with Gasteiger partial charge in [0.25, 0.3) is 0 Å². The zero-order chi connectivity index (χ0) is 20.3. The van der Waals surface area contributed by atoms with Gasteiger partial charge in [0.15, 0.2) is 9.84 Å². The summed E-state index contributed by atoms with van der Waals surface area (Å²) in [6.07, 6.45) is 0. The Balaban J connectivity index is 1.57. The third-order valence-electron chi connectivity index (χ3n) is 5.19. The molecule has 0 N–H and O–H groups in total. The number of hydrogen-bond acceptors (Lipinski definition) is 4. The first-order valence-electron chi connectivity index (χ1n) is 9.29. The average Bonchev–Trinajstić information content (AvgIpc) is 2.65. The summed E-state index contributed by atoms with van der Waals surface area (Å²) in [5.74, 6) is -0.938. The van der Waals surface area contributed by atoms with Crippen molar-refractivity contribution in [2.45, 2.75) is 19.6 Å². The van der Waals surface area contributed by atoms with Gasteiger partial charge in [-0.2, -0.15) is 0 Å². The van der Waals surface area contributed by atoms with E-state index in [2.05, 4.69) is 30.9 Å². The molecule has 1 fully saturated rings. The average molecular weight is 421 g/mol. The highest BCUT2D eigenvalue weighted by atomic mass is 35.5. The van der Waals surface area contributed by atoms with Gasteiger partial charge in [0.2, 0.25) is 5.91 Å². The number of rotatable bonds is 5. The Labute approximate surface area is 171 Å². The predicted octanol–water partition coefficient (Wildman–Crippen LogP) is 3.22. The van der Waals surface area contributed by atoms with Crippen molar-refractivity contribution in [3.05, 3.63) is 64.2 Å². The van der Waals surface area contributed by atoms with Gasteiger partial charge in [-0.1, -0.05) is 35.9 Å². The van der Waals surface area contributed by atoms with Gasteiger partial charge < -0.3 is 9.80 Å². The molecule has 3 rings (SSSR count). The number of carbonyl (C=O) groups is 1. The molecule has 5 nitrogen and oxygen atoms in total. The van der Waals surface area contributed by atoms with Crippen LogP contribution in [0.25, 0.3) is 0 Å². The lowest BCUT2D eigenvalue weighted by molar-refractivity contribution is -0.128. The maximum Gasteiger partial charge on any atom is 0.237 e. The minimum absolute atomic E-state index is 0.154. The van der Waals surface area contributed by atoms with Crippen LogP contribution >= 0.6 is 11.6 Å². The van der Waals surface area contributed by atoms with E-state index in [9.17, 15) is 13.2 Å². The molecule has 0 saturated carbocycles. The van der Waals surface area contributed by atoms with Crippen LogP contribution in [0.1, 0.15) is 16.7 Å². The molecule has 1 heterocycles. The Hall–Kier alpha value is -2.05. The summed E-state index contributed by atoms with van der Waals surface area (Å²) in [5.41, 5.74) is 4.30. The molecule has 7 heteroatoms. The van der Waals surface area contributed by atoms with Gasteiger partial charge in [-0.05, 0) is 48.7 Å². The second kappa shape index (κ2) is 8.53.